The maximum Gasteiger partial charge on any atom is 0.0636 e. The van der Waals surface area contributed by atoms with E-state index in [1.165, 1.54) is 20.7 Å². The summed E-state index contributed by atoms with van der Waals surface area (Å²) in [4.78, 5) is 5.30. The summed E-state index contributed by atoms with van der Waals surface area (Å²) in [6, 6.07) is 10.3. The first-order valence-electron chi connectivity index (χ1n) is 6.52. The standard InChI is InChI=1S/C16H15ClN2S/c1-11-8-18-7-6-12(11)9-19-10-15-16(17)13-4-2-3-5-14(13)20-15/h2-8,19H,9-10H2,1H3. The Balaban J connectivity index is 1.71. The largest absolute Gasteiger partial charge is 0.308 e. The molecule has 2 nitrogen and oxygen atoms in total. The van der Waals surface area contributed by atoms with Crippen molar-refractivity contribution in [2.45, 2.75) is 20.0 Å². The number of hydrogen-bond acceptors (Lipinski definition) is 3. The van der Waals surface area contributed by atoms with Gasteiger partial charge >= 0.3 is 0 Å². The molecular formula is C16H15ClN2S. The lowest BCUT2D eigenvalue weighted by Crippen LogP contribution is -2.12. The van der Waals surface area contributed by atoms with Crippen molar-refractivity contribution in [1.29, 1.82) is 0 Å². The van der Waals surface area contributed by atoms with Crippen molar-refractivity contribution in [1.82, 2.24) is 10.3 Å². The molecule has 0 aliphatic rings. The molecular weight excluding hydrogens is 288 g/mol. The number of nitrogens with zero attached hydrogens (tertiary/aromatic N) is 1. The number of aromatic nitrogens is 1. The third kappa shape index (κ3) is 2.70. The molecule has 0 aliphatic carbocycles. The third-order valence-electron chi connectivity index (χ3n) is 3.34. The SMILES string of the molecule is Cc1cnccc1CNCc1sc2ccccc2c1Cl. The summed E-state index contributed by atoms with van der Waals surface area (Å²) in [5.74, 6) is 0. The molecule has 0 unspecified atom stereocenters. The Morgan fingerprint density at radius 1 is 1.20 bits per heavy atom. The van der Waals surface area contributed by atoms with Crippen LogP contribution in [-0.2, 0) is 13.1 Å². The van der Waals surface area contributed by atoms with Crippen LogP contribution in [0.25, 0.3) is 10.1 Å². The molecule has 0 saturated carbocycles. The number of nitrogens with one attached hydrogen (secondary N) is 1. The third-order valence-corrected chi connectivity index (χ3v) is 5.05. The molecule has 0 aliphatic heterocycles. The molecule has 0 saturated heterocycles. The van der Waals surface area contributed by atoms with E-state index in [1.54, 1.807) is 11.3 Å². The van der Waals surface area contributed by atoms with Gasteiger partial charge in [0.2, 0.25) is 0 Å². The minimum absolute atomic E-state index is 0.792. The molecule has 2 heterocycles. The van der Waals surface area contributed by atoms with Gasteiger partial charge in [-0.25, -0.2) is 0 Å². The molecule has 4 heteroatoms. The van der Waals surface area contributed by atoms with Gasteiger partial charge < -0.3 is 5.32 Å². The molecule has 102 valence electrons. The first-order valence-corrected chi connectivity index (χ1v) is 7.71. The Morgan fingerprint density at radius 3 is 2.85 bits per heavy atom. The molecule has 20 heavy (non-hydrogen) atoms. The van der Waals surface area contributed by atoms with E-state index in [9.17, 15) is 0 Å². The number of thiophene rings is 1. The van der Waals surface area contributed by atoms with Crippen LogP contribution in [0.1, 0.15) is 16.0 Å². The van der Waals surface area contributed by atoms with Gasteiger partial charge in [-0.05, 0) is 30.2 Å². The quantitative estimate of drug-likeness (QED) is 0.765. The van der Waals surface area contributed by atoms with Crippen molar-refractivity contribution in [3.8, 4) is 0 Å². The lowest BCUT2D eigenvalue weighted by atomic mass is 10.1. The summed E-state index contributed by atoms with van der Waals surface area (Å²) in [6.07, 6.45) is 3.72. The minimum Gasteiger partial charge on any atom is -0.308 e. The molecule has 1 N–H and O–H groups in total. The van der Waals surface area contributed by atoms with Gasteiger partial charge in [0.05, 0.1) is 5.02 Å². The summed E-state index contributed by atoms with van der Waals surface area (Å²) in [6.45, 7) is 3.70. The molecule has 0 spiro atoms. The van der Waals surface area contributed by atoms with Gasteiger partial charge in [-0.2, -0.15) is 0 Å². The van der Waals surface area contributed by atoms with E-state index >= 15 is 0 Å². The van der Waals surface area contributed by atoms with Gasteiger partial charge in [0.25, 0.3) is 0 Å². The van der Waals surface area contributed by atoms with E-state index in [-0.39, 0.29) is 0 Å². The summed E-state index contributed by atoms with van der Waals surface area (Å²) in [5, 5.41) is 5.49. The monoisotopic (exact) mass is 302 g/mol. The molecule has 3 rings (SSSR count). The van der Waals surface area contributed by atoms with Crippen molar-refractivity contribution in [3.63, 3.8) is 0 Å². The van der Waals surface area contributed by atoms with E-state index in [2.05, 4.69) is 35.4 Å². The lowest BCUT2D eigenvalue weighted by molar-refractivity contribution is 0.697. The molecule has 0 bridgehead atoms. The zero-order chi connectivity index (χ0) is 13.9. The highest BCUT2D eigenvalue weighted by Crippen LogP contribution is 2.34. The first kappa shape index (κ1) is 13.6. The number of benzene rings is 1. The molecule has 0 amide bonds. The fourth-order valence-corrected chi connectivity index (χ4v) is 3.66. The summed E-state index contributed by atoms with van der Waals surface area (Å²) in [5.41, 5.74) is 2.49. The molecule has 0 radical (unpaired) electrons. The number of pyridine rings is 1. The van der Waals surface area contributed by atoms with E-state index in [0.29, 0.717) is 0 Å². The Bertz CT molecular complexity index is 736. The van der Waals surface area contributed by atoms with Crippen molar-refractivity contribution in [2.75, 3.05) is 0 Å². The van der Waals surface area contributed by atoms with E-state index in [4.69, 9.17) is 11.6 Å². The fourth-order valence-electron chi connectivity index (χ4n) is 2.19. The normalized spacial score (nSPS) is 11.1. The van der Waals surface area contributed by atoms with Crippen LogP contribution in [-0.4, -0.2) is 4.98 Å². The van der Waals surface area contributed by atoms with Crippen LogP contribution in [0.2, 0.25) is 5.02 Å². The Morgan fingerprint density at radius 2 is 2.05 bits per heavy atom. The zero-order valence-corrected chi connectivity index (χ0v) is 12.8. The fraction of sp³-hybridized carbons (Fsp3) is 0.188. The molecule has 0 fully saturated rings. The molecule has 2 aromatic heterocycles. The van der Waals surface area contributed by atoms with Crippen LogP contribution < -0.4 is 5.32 Å². The average molecular weight is 303 g/mol. The summed E-state index contributed by atoms with van der Waals surface area (Å²) < 4.78 is 1.24. The maximum absolute atomic E-state index is 6.43. The maximum atomic E-state index is 6.43. The van der Waals surface area contributed by atoms with Crippen LogP contribution >= 0.6 is 22.9 Å². The van der Waals surface area contributed by atoms with E-state index < -0.39 is 0 Å². The summed E-state index contributed by atoms with van der Waals surface area (Å²) >= 11 is 8.19. The van der Waals surface area contributed by atoms with Gasteiger partial charge in [0, 0.05) is 40.4 Å². The minimum atomic E-state index is 0.792. The van der Waals surface area contributed by atoms with Crippen LogP contribution in [0.15, 0.2) is 42.7 Å². The lowest BCUT2D eigenvalue weighted by Gasteiger charge is -2.06. The van der Waals surface area contributed by atoms with Crippen molar-refractivity contribution in [3.05, 3.63) is 63.8 Å². The Hall–Kier alpha value is -1.42. The predicted molar refractivity (Wildman–Crippen MR) is 86.4 cm³/mol. The van der Waals surface area contributed by atoms with E-state index in [0.717, 1.165) is 23.5 Å². The van der Waals surface area contributed by atoms with Gasteiger partial charge in [-0.15, -0.1) is 11.3 Å². The van der Waals surface area contributed by atoms with Crippen LogP contribution in [0.4, 0.5) is 0 Å². The average Bonchev–Trinajstić information content (AvgIpc) is 2.78. The van der Waals surface area contributed by atoms with Crippen molar-refractivity contribution in [2.24, 2.45) is 0 Å². The number of hydrogen-bond donors (Lipinski definition) is 1. The van der Waals surface area contributed by atoms with Gasteiger partial charge in [0.1, 0.15) is 0 Å². The smallest absolute Gasteiger partial charge is 0.0636 e. The molecule has 0 atom stereocenters. The second kappa shape index (κ2) is 5.92. The highest BCUT2D eigenvalue weighted by atomic mass is 35.5. The Kier molecular flexibility index (Phi) is 4.01. The van der Waals surface area contributed by atoms with Crippen LogP contribution in [0.5, 0.6) is 0 Å². The van der Waals surface area contributed by atoms with Crippen LogP contribution in [0, 0.1) is 6.92 Å². The second-order valence-corrected chi connectivity index (χ2v) is 6.26. The summed E-state index contributed by atoms with van der Waals surface area (Å²) in [7, 11) is 0. The van der Waals surface area contributed by atoms with E-state index in [1.807, 2.05) is 24.5 Å². The van der Waals surface area contributed by atoms with Gasteiger partial charge in [-0.3, -0.25) is 4.98 Å². The molecule has 3 aromatic rings. The number of fused-ring (bicyclic) bond motifs is 1. The topological polar surface area (TPSA) is 24.9 Å². The Labute approximate surface area is 127 Å². The van der Waals surface area contributed by atoms with Crippen molar-refractivity contribution >= 4 is 33.0 Å². The number of rotatable bonds is 4. The second-order valence-electron chi connectivity index (χ2n) is 4.74. The van der Waals surface area contributed by atoms with Gasteiger partial charge in [0.15, 0.2) is 0 Å². The van der Waals surface area contributed by atoms with Crippen LogP contribution in [0.3, 0.4) is 0 Å². The molecule has 1 aromatic carbocycles. The predicted octanol–water partition coefficient (Wildman–Crippen LogP) is 4.55. The highest BCUT2D eigenvalue weighted by molar-refractivity contribution is 7.19. The first-order chi connectivity index (χ1) is 9.75. The zero-order valence-electron chi connectivity index (χ0n) is 11.2. The number of aryl methyl sites for hydroxylation is 1. The highest BCUT2D eigenvalue weighted by Gasteiger charge is 2.09. The van der Waals surface area contributed by atoms with Crippen molar-refractivity contribution < 1.29 is 0 Å². The van der Waals surface area contributed by atoms with Gasteiger partial charge in [-0.1, -0.05) is 29.8 Å². The number of halogens is 1.